The highest BCUT2D eigenvalue weighted by Crippen LogP contribution is 2.17. The van der Waals surface area contributed by atoms with Crippen LogP contribution in [0.3, 0.4) is 0 Å². The average molecular weight is 285 g/mol. The summed E-state index contributed by atoms with van der Waals surface area (Å²) in [5.41, 5.74) is 6.14. The molecule has 1 aromatic heterocycles. The van der Waals surface area contributed by atoms with Gasteiger partial charge >= 0.3 is 0 Å². The molecule has 0 bridgehead atoms. The van der Waals surface area contributed by atoms with Gasteiger partial charge in [0.05, 0.1) is 24.0 Å². The second-order valence-corrected chi connectivity index (χ2v) is 4.57. The van der Waals surface area contributed by atoms with Gasteiger partial charge < -0.3 is 15.5 Å². The van der Waals surface area contributed by atoms with Crippen molar-refractivity contribution in [2.24, 2.45) is 0 Å². The number of halogens is 1. The molecule has 0 spiro atoms. The lowest BCUT2D eigenvalue weighted by molar-refractivity contribution is -0.129. The van der Waals surface area contributed by atoms with E-state index in [1.165, 1.54) is 22.1 Å². The molecule has 0 aliphatic rings. The van der Waals surface area contributed by atoms with E-state index < -0.39 is 0 Å². The van der Waals surface area contributed by atoms with E-state index in [1.807, 2.05) is 0 Å². The summed E-state index contributed by atoms with van der Waals surface area (Å²) in [6.45, 7) is 2.17. The SMILES string of the molecule is CCN(CC(=O)N(C)C)C(=O)c1cc(N)cnc1Cl. The van der Waals surface area contributed by atoms with Crippen molar-refractivity contribution in [3.63, 3.8) is 0 Å². The molecular weight excluding hydrogens is 268 g/mol. The highest BCUT2D eigenvalue weighted by Gasteiger charge is 2.21. The minimum atomic E-state index is -0.359. The fourth-order valence-electron chi connectivity index (χ4n) is 1.42. The number of carbonyl (C=O) groups excluding carboxylic acids is 2. The van der Waals surface area contributed by atoms with Gasteiger partial charge in [-0.2, -0.15) is 0 Å². The Balaban J connectivity index is 2.95. The third-order valence-corrected chi connectivity index (χ3v) is 2.89. The van der Waals surface area contributed by atoms with Crippen LogP contribution in [0.25, 0.3) is 0 Å². The van der Waals surface area contributed by atoms with Gasteiger partial charge in [-0.05, 0) is 13.0 Å². The maximum atomic E-state index is 12.3. The second kappa shape index (κ2) is 6.38. The summed E-state index contributed by atoms with van der Waals surface area (Å²) in [4.78, 5) is 30.6. The fraction of sp³-hybridized carbons (Fsp3) is 0.417. The Bertz CT molecular complexity index is 491. The van der Waals surface area contributed by atoms with Gasteiger partial charge in [0, 0.05) is 20.6 Å². The molecule has 2 amide bonds. The molecule has 1 heterocycles. The van der Waals surface area contributed by atoms with Crippen molar-refractivity contribution < 1.29 is 9.59 Å². The van der Waals surface area contributed by atoms with Gasteiger partial charge in [-0.15, -0.1) is 0 Å². The topological polar surface area (TPSA) is 79.5 Å². The van der Waals surface area contributed by atoms with Crippen LogP contribution in [-0.2, 0) is 4.79 Å². The van der Waals surface area contributed by atoms with E-state index in [9.17, 15) is 9.59 Å². The number of anilines is 1. The molecule has 7 heteroatoms. The van der Waals surface area contributed by atoms with Crippen LogP contribution >= 0.6 is 11.6 Å². The average Bonchev–Trinajstić information content (AvgIpc) is 2.37. The second-order valence-electron chi connectivity index (χ2n) is 4.21. The first kappa shape index (κ1) is 15.2. The van der Waals surface area contributed by atoms with Crippen molar-refractivity contribution in [2.45, 2.75) is 6.92 Å². The summed E-state index contributed by atoms with van der Waals surface area (Å²) >= 11 is 5.88. The molecule has 0 aliphatic carbocycles. The van der Waals surface area contributed by atoms with E-state index in [4.69, 9.17) is 17.3 Å². The molecule has 0 saturated carbocycles. The predicted molar refractivity (Wildman–Crippen MR) is 73.9 cm³/mol. The van der Waals surface area contributed by atoms with E-state index in [-0.39, 0.29) is 29.1 Å². The van der Waals surface area contributed by atoms with Crippen molar-refractivity contribution >= 4 is 29.1 Å². The fourth-order valence-corrected chi connectivity index (χ4v) is 1.60. The number of aromatic nitrogens is 1. The number of nitrogens with zero attached hydrogens (tertiary/aromatic N) is 3. The summed E-state index contributed by atoms with van der Waals surface area (Å²) in [6, 6.07) is 1.46. The Hall–Kier alpha value is -1.82. The molecule has 0 saturated heterocycles. The summed E-state index contributed by atoms with van der Waals surface area (Å²) in [5, 5.41) is 0.0787. The van der Waals surface area contributed by atoms with Crippen LogP contribution in [0.1, 0.15) is 17.3 Å². The highest BCUT2D eigenvalue weighted by molar-refractivity contribution is 6.32. The first-order chi connectivity index (χ1) is 8.86. The molecule has 104 valence electrons. The number of likely N-dealkylation sites (N-methyl/N-ethyl adjacent to an activating group) is 2. The van der Waals surface area contributed by atoms with Gasteiger partial charge in [0.1, 0.15) is 5.15 Å². The molecule has 0 aromatic carbocycles. The molecule has 19 heavy (non-hydrogen) atoms. The van der Waals surface area contributed by atoms with Crippen molar-refractivity contribution in [3.8, 4) is 0 Å². The minimum absolute atomic E-state index is 0.00649. The molecular formula is C12H17ClN4O2. The Morgan fingerprint density at radius 2 is 2.05 bits per heavy atom. The van der Waals surface area contributed by atoms with Gasteiger partial charge in [0.2, 0.25) is 5.91 Å². The van der Waals surface area contributed by atoms with E-state index in [1.54, 1.807) is 21.0 Å². The minimum Gasteiger partial charge on any atom is -0.397 e. The number of nitrogens with two attached hydrogens (primary N) is 1. The number of rotatable bonds is 4. The number of amides is 2. The summed E-state index contributed by atoms with van der Waals surface area (Å²) in [7, 11) is 3.27. The van der Waals surface area contributed by atoms with Crippen LogP contribution in [0.2, 0.25) is 5.15 Å². The lowest BCUT2D eigenvalue weighted by atomic mass is 10.2. The molecule has 0 unspecified atom stereocenters. The third kappa shape index (κ3) is 3.82. The maximum absolute atomic E-state index is 12.3. The van der Waals surface area contributed by atoms with Crippen LogP contribution < -0.4 is 5.73 Å². The van der Waals surface area contributed by atoms with Crippen molar-refractivity contribution in [1.82, 2.24) is 14.8 Å². The Labute approximate surface area is 117 Å². The first-order valence-electron chi connectivity index (χ1n) is 5.77. The van der Waals surface area contributed by atoms with Gasteiger partial charge in [0.15, 0.2) is 0 Å². The van der Waals surface area contributed by atoms with Crippen molar-refractivity contribution in [2.75, 3.05) is 32.9 Å². The third-order valence-electron chi connectivity index (χ3n) is 2.58. The molecule has 1 aromatic rings. The van der Waals surface area contributed by atoms with E-state index in [0.29, 0.717) is 12.2 Å². The number of carbonyl (C=O) groups is 2. The number of hydrogen-bond donors (Lipinski definition) is 1. The number of pyridine rings is 1. The van der Waals surface area contributed by atoms with Gasteiger partial charge in [-0.25, -0.2) is 4.98 Å². The van der Waals surface area contributed by atoms with Crippen LogP contribution in [0.5, 0.6) is 0 Å². The Kier molecular flexibility index (Phi) is 5.11. The summed E-state index contributed by atoms with van der Waals surface area (Å²) in [6.07, 6.45) is 1.38. The monoisotopic (exact) mass is 284 g/mol. The zero-order chi connectivity index (χ0) is 14.6. The molecule has 0 radical (unpaired) electrons. The first-order valence-corrected chi connectivity index (χ1v) is 6.15. The van der Waals surface area contributed by atoms with Crippen LogP contribution in [0.4, 0.5) is 5.69 Å². The van der Waals surface area contributed by atoms with E-state index >= 15 is 0 Å². The van der Waals surface area contributed by atoms with Crippen LogP contribution in [-0.4, -0.2) is 53.8 Å². The highest BCUT2D eigenvalue weighted by atomic mass is 35.5. The Morgan fingerprint density at radius 3 is 2.58 bits per heavy atom. The van der Waals surface area contributed by atoms with Gasteiger partial charge in [-0.3, -0.25) is 9.59 Å². The largest absolute Gasteiger partial charge is 0.397 e. The van der Waals surface area contributed by atoms with Gasteiger partial charge in [0.25, 0.3) is 5.91 Å². The summed E-state index contributed by atoms with van der Waals surface area (Å²) in [5.74, 6) is -0.523. The predicted octanol–water partition coefficient (Wildman–Crippen LogP) is 0.868. The van der Waals surface area contributed by atoms with E-state index in [0.717, 1.165) is 0 Å². The quantitative estimate of drug-likeness (QED) is 0.832. The standard InChI is InChI=1S/C12H17ClN4O2/c1-4-17(7-10(18)16(2)3)12(19)9-5-8(14)6-15-11(9)13/h5-6H,4,7,14H2,1-3H3. The Morgan fingerprint density at radius 1 is 1.42 bits per heavy atom. The molecule has 0 fully saturated rings. The lowest BCUT2D eigenvalue weighted by Crippen LogP contribution is -2.40. The van der Waals surface area contributed by atoms with Crippen LogP contribution in [0.15, 0.2) is 12.3 Å². The number of hydrogen-bond acceptors (Lipinski definition) is 4. The molecule has 6 nitrogen and oxygen atoms in total. The molecule has 0 aliphatic heterocycles. The normalized spacial score (nSPS) is 10.1. The van der Waals surface area contributed by atoms with Crippen LogP contribution in [0, 0.1) is 0 Å². The smallest absolute Gasteiger partial charge is 0.257 e. The molecule has 2 N–H and O–H groups in total. The zero-order valence-corrected chi connectivity index (χ0v) is 11.9. The maximum Gasteiger partial charge on any atom is 0.257 e. The lowest BCUT2D eigenvalue weighted by Gasteiger charge is -2.22. The molecule has 1 rings (SSSR count). The van der Waals surface area contributed by atoms with Gasteiger partial charge in [-0.1, -0.05) is 11.6 Å². The summed E-state index contributed by atoms with van der Waals surface area (Å²) < 4.78 is 0. The molecule has 0 atom stereocenters. The van der Waals surface area contributed by atoms with E-state index in [2.05, 4.69) is 4.98 Å². The van der Waals surface area contributed by atoms with Crippen molar-refractivity contribution in [3.05, 3.63) is 23.0 Å². The number of nitrogen functional groups attached to an aromatic ring is 1. The zero-order valence-electron chi connectivity index (χ0n) is 11.2. The van der Waals surface area contributed by atoms with Crippen molar-refractivity contribution in [1.29, 1.82) is 0 Å².